The number of hydrogen-bond acceptors (Lipinski definition) is 3. The van der Waals surface area contributed by atoms with E-state index in [1.807, 2.05) is 24.0 Å². The van der Waals surface area contributed by atoms with Gasteiger partial charge in [0.2, 0.25) is 0 Å². The Kier molecular flexibility index (Phi) is 6.27. The first-order valence-electron chi connectivity index (χ1n) is 9.48. The summed E-state index contributed by atoms with van der Waals surface area (Å²) in [5.41, 5.74) is 2.11. The Labute approximate surface area is 145 Å². The van der Waals surface area contributed by atoms with Crippen LogP contribution in [0.3, 0.4) is 0 Å². The third-order valence-corrected chi connectivity index (χ3v) is 5.21. The molecule has 0 spiro atoms. The number of carbonyl (C=O) groups excluding carboxylic acids is 1. The normalized spacial score (nSPS) is 22.0. The summed E-state index contributed by atoms with van der Waals surface area (Å²) in [7, 11) is 0. The minimum atomic E-state index is 0.154. The second-order valence-corrected chi connectivity index (χ2v) is 6.99. The van der Waals surface area contributed by atoms with E-state index in [9.17, 15) is 4.79 Å². The van der Waals surface area contributed by atoms with Gasteiger partial charge >= 0.3 is 0 Å². The summed E-state index contributed by atoms with van der Waals surface area (Å²) in [6.07, 6.45) is 6.12. The van der Waals surface area contributed by atoms with E-state index in [0.717, 1.165) is 31.5 Å². The fourth-order valence-corrected chi connectivity index (χ4v) is 3.82. The Morgan fingerprint density at radius 3 is 2.54 bits per heavy atom. The fraction of sp³-hybridized carbons (Fsp3) is 0.650. The van der Waals surface area contributed by atoms with Crippen LogP contribution in [-0.4, -0.2) is 54.6 Å². The molecule has 4 nitrogen and oxygen atoms in total. The van der Waals surface area contributed by atoms with Crippen LogP contribution in [0.15, 0.2) is 24.3 Å². The lowest BCUT2D eigenvalue weighted by molar-refractivity contribution is 0.0564. The Balaban J connectivity index is 1.58. The van der Waals surface area contributed by atoms with Crippen LogP contribution in [0.4, 0.5) is 0 Å². The fourth-order valence-electron chi connectivity index (χ4n) is 3.82. The zero-order valence-corrected chi connectivity index (χ0v) is 14.9. The lowest BCUT2D eigenvalue weighted by atomic mass is 10.1. The zero-order valence-electron chi connectivity index (χ0n) is 14.9. The molecule has 24 heavy (non-hydrogen) atoms. The van der Waals surface area contributed by atoms with E-state index < -0.39 is 0 Å². The lowest BCUT2D eigenvalue weighted by Crippen LogP contribution is -2.38. The van der Waals surface area contributed by atoms with E-state index in [1.54, 1.807) is 0 Å². The number of nitrogens with zero attached hydrogens (tertiary/aromatic N) is 2. The monoisotopic (exact) mass is 330 g/mol. The summed E-state index contributed by atoms with van der Waals surface area (Å²) in [4.78, 5) is 17.3. The number of ether oxygens (including phenoxy) is 1. The topological polar surface area (TPSA) is 32.8 Å². The Morgan fingerprint density at radius 2 is 1.83 bits per heavy atom. The van der Waals surface area contributed by atoms with Crippen molar-refractivity contribution in [3.8, 4) is 0 Å². The molecule has 2 aliphatic heterocycles. The van der Waals surface area contributed by atoms with Crippen LogP contribution in [0.25, 0.3) is 0 Å². The van der Waals surface area contributed by atoms with Gasteiger partial charge in [0.15, 0.2) is 0 Å². The van der Waals surface area contributed by atoms with Gasteiger partial charge in [-0.1, -0.05) is 18.6 Å². The Morgan fingerprint density at radius 1 is 1.08 bits per heavy atom. The van der Waals surface area contributed by atoms with Crippen molar-refractivity contribution < 1.29 is 9.53 Å². The highest BCUT2D eigenvalue weighted by atomic mass is 16.5. The molecule has 2 heterocycles. The first-order valence-corrected chi connectivity index (χ1v) is 9.48. The first-order chi connectivity index (χ1) is 11.8. The van der Waals surface area contributed by atoms with E-state index >= 15 is 0 Å². The van der Waals surface area contributed by atoms with Crippen molar-refractivity contribution >= 4 is 5.91 Å². The molecule has 0 aliphatic carbocycles. The number of likely N-dealkylation sites (tertiary alicyclic amines) is 2. The van der Waals surface area contributed by atoms with Crippen molar-refractivity contribution in [3.63, 3.8) is 0 Å². The minimum Gasteiger partial charge on any atom is -0.380 e. The highest BCUT2D eigenvalue weighted by molar-refractivity contribution is 5.94. The highest BCUT2D eigenvalue weighted by Gasteiger charge is 2.29. The van der Waals surface area contributed by atoms with Crippen molar-refractivity contribution in [2.24, 2.45) is 0 Å². The van der Waals surface area contributed by atoms with Crippen molar-refractivity contribution in [2.45, 2.75) is 51.6 Å². The number of piperidine rings is 1. The highest BCUT2D eigenvalue weighted by Crippen LogP contribution is 2.21. The summed E-state index contributed by atoms with van der Waals surface area (Å²) >= 11 is 0. The van der Waals surface area contributed by atoms with Crippen LogP contribution in [0.5, 0.6) is 0 Å². The van der Waals surface area contributed by atoms with Crippen LogP contribution >= 0.6 is 0 Å². The summed E-state index contributed by atoms with van der Waals surface area (Å²) < 4.78 is 5.54. The maximum absolute atomic E-state index is 12.8. The molecule has 2 saturated heterocycles. The number of amides is 1. The molecule has 4 heteroatoms. The van der Waals surface area contributed by atoms with Gasteiger partial charge in [-0.05, 0) is 63.4 Å². The number of benzene rings is 1. The number of hydrogen-bond donors (Lipinski definition) is 0. The molecule has 1 aromatic rings. The zero-order chi connectivity index (χ0) is 16.8. The van der Waals surface area contributed by atoms with Crippen molar-refractivity contribution in [2.75, 3.05) is 32.8 Å². The molecule has 0 N–H and O–H groups in total. The van der Waals surface area contributed by atoms with Crippen LogP contribution in [0.2, 0.25) is 0 Å². The largest absolute Gasteiger partial charge is 0.380 e. The average molecular weight is 330 g/mol. The van der Waals surface area contributed by atoms with E-state index in [4.69, 9.17) is 4.74 Å². The molecular weight excluding hydrogens is 300 g/mol. The summed E-state index contributed by atoms with van der Waals surface area (Å²) in [6.45, 7) is 7.64. The first kappa shape index (κ1) is 17.4. The Hall–Kier alpha value is -1.39. The quantitative estimate of drug-likeness (QED) is 0.802. The number of carbonyl (C=O) groups is 1. The van der Waals surface area contributed by atoms with Gasteiger partial charge in [-0.25, -0.2) is 0 Å². The van der Waals surface area contributed by atoms with Gasteiger partial charge in [-0.2, -0.15) is 0 Å². The molecular formula is C20H30N2O2. The third kappa shape index (κ3) is 4.37. The van der Waals surface area contributed by atoms with E-state index in [2.05, 4.69) is 17.0 Å². The van der Waals surface area contributed by atoms with E-state index in [1.165, 1.54) is 37.9 Å². The standard InChI is InChI=1S/C20H30N2O2/c1-2-24-16-19-7-6-14-22(19)20(23)18-10-8-17(9-11-18)15-21-12-4-3-5-13-21/h8-11,19H,2-7,12-16H2,1H3. The summed E-state index contributed by atoms with van der Waals surface area (Å²) in [5, 5.41) is 0. The maximum Gasteiger partial charge on any atom is 0.254 e. The second kappa shape index (κ2) is 8.63. The molecule has 132 valence electrons. The molecule has 1 unspecified atom stereocenters. The predicted molar refractivity (Wildman–Crippen MR) is 96.1 cm³/mol. The van der Waals surface area contributed by atoms with E-state index in [-0.39, 0.29) is 11.9 Å². The van der Waals surface area contributed by atoms with Gasteiger partial charge in [0, 0.05) is 25.3 Å². The SMILES string of the molecule is CCOCC1CCCN1C(=O)c1ccc(CN2CCCCC2)cc1. The molecule has 1 amide bonds. The molecule has 2 fully saturated rings. The van der Waals surface area contributed by atoms with Gasteiger partial charge in [-0.15, -0.1) is 0 Å². The predicted octanol–water partition coefficient (Wildman–Crippen LogP) is 3.31. The summed E-state index contributed by atoms with van der Waals surface area (Å²) in [5.74, 6) is 0.154. The average Bonchev–Trinajstić information content (AvgIpc) is 3.09. The van der Waals surface area contributed by atoms with Crippen LogP contribution in [-0.2, 0) is 11.3 Å². The van der Waals surface area contributed by atoms with Gasteiger partial charge < -0.3 is 9.64 Å². The van der Waals surface area contributed by atoms with Gasteiger partial charge in [0.05, 0.1) is 12.6 Å². The summed E-state index contributed by atoms with van der Waals surface area (Å²) in [6, 6.07) is 8.48. The molecule has 0 saturated carbocycles. The molecule has 0 bridgehead atoms. The van der Waals surface area contributed by atoms with Gasteiger partial charge in [-0.3, -0.25) is 9.69 Å². The molecule has 3 rings (SSSR count). The molecule has 1 atom stereocenters. The third-order valence-electron chi connectivity index (χ3n) is 5.21. The van der Waals surface area contributed by atoms with Crippen molar-refractivity contribution in [1.82, 2.24) is 9.80 Å². The minimum absolute atomic E-state index is 0.154. The van der Waals surface area contributed by atoms with E-state index in [0.29, 0.717) is 13.2 Å². The van der Waals surface area contributed by atoms with Crippen molar-refractivity contribution in [1.29, 1.82) is 0 Å². The molecule has 0 radical (unpaired) electrons. The van der Waals surface area contributed by atoms with Gasteiger partial charge in [0.25, 0.3) is 5.91 Å². The second-order valence-electron chi connectivity index (χ2n) is 6.99. The molecule has 1 aromatic carbocycles. The van der Waals surface area contributed by atoms with Crippen LogP contribution in [0, 0.1) is 0 Å². The maximum atomic E-state index is 12.8. The number of rotatable bonds is 6. The Bertz CT molecular complexity index is 523. The molecule has 2 aliphatic rings. The lowest BCUT2D eigenvalue weighted by Gasteiger charge is -2.27. The van der Waals surface area contributed by atoms with Gasteiger partial charge in [0.1, 0.15) is 0 Å². The van der Waals surface area contributed by atoms with Crippen molar-refractivity contribution in [3.05, 3.63) is 35.4 Å². The van der Waals surface area contributed by atoms with Crippen LogP contribution < -0.4 is 0 Å². The molecule has 0 aromatic heterocycles. The smallest absolute Gasteiger partial charge is 0.254 e. The van der Waals surface area contributed by atoms with Crippen LogP contribution in [0.1, 0.15) is 54.9 Å².